The molecule has 0 amide bonds. The van der Waals surface area contributed by atoms with Crippen LogP contribution in [0.15, 0.2) is 28.8 Å². The van der Waals surface area contributed by atoms with Crippen LogP contribution >= 0.6 is 12.4 Å². The van der Waals surface area contributed by atoms with Crippen LogP contribution in [-0.2, 0) is 12.6 Å². The molecule has 24 heavy (non-hydrogen) atoms. The zero-order chi connectivity index (χ0) is 17.0. The highest BCUT2D eigenvalue weighted by Crippen LogP contribution is 2.37. The quantitative estimate of drug-likeness (QED) is 0.843. The largest absolute Gasteiger partial charge is 0.480 e. The van der Waals surface area contributed by atoms with Crippen molar-refractivity contribution in [2.75, 3.05) is 7.05 Å². The zero-order valence-corrected chi connectivity index (χ0v) is 14.2. The second-order valence-corrected chi connectivity index (χ2v) is 5.20. The number of nitrogens with zero attached hydrogens (tertiary/aromatic N) is 2. The number of para-hydroxylation sites is 1. The summed E-state index contributed by atoms with van der Waals surface area (Å²) in [6.07, 6.45) is -4.73. The van der Waals surface area contributed by atoms with Gasteiger partial charge < -0.3 is 14.6 Å². The van der Waals surface area contributed by atoms with Gasteiger partial charge in [-0.25, -0.2) is 0 Å². The van der Waals surface area contributed by atoms with Gasteiger partial charge in [0.2, 0.25) is 0 Å². The standard InChI is InChI=1S/C15H18F3N3O2.ClH/c1-9(19-3)8-13-20-14(23-21-13)10(2)22-12-7-5-4-6-11(12)15(16,17)18;/h4-7,9-10,19H,8H2,1-3H3;1H. The molecule has 2 rings (SSSR count). The second kappa shape index (κ2) is 8.34. The topological polar surface area (TPSA) is 60.2 Å². The van der Waals surface area contributed by atoms with Crippen LogP contribution in [0.3, 0.4) is 0 Å². The summed E-state index contributed by atoms with van der Waals surface area (Å²) in [6.45, 7) is 3.52. The normalized spacial score (nSPS) is 13.9. The Balaban J connectivity index is 0.00000288. The Morgan fingerprint density at radius 2 is 1.92 bits per heavy atom. The summed E-state index contributed by atoms with van der Waals surface area (Å²) in [5, 5.41) is 6.85. The number of benzene rings is 1. The first-order valence-electron chi connectivity index (χ1n) is 7.14. The molecule has 1 aromatic heterocycles. The van der Waals surface area contributed by atoms with Gasteiger partial charge in [0.1, 0.15) is 5.75 Å². The van der Waals surface area contributed by atoms with Crippen LogP contribution in [0.4, 0.5) is 13.2 Å². The fourth-order valence-corrected chi connectivity index (χ4v) is 1.94. The Morgan fingerprint density at radius 3 is 2.54 bits per heavy atom. The maximum absolute atomic E-state index is 12.9. The molecule has 2 aromatic rings. The SMILES string of the molecule is CNC(C)Cc1noc(C(C)Oc2ccccc2C(F)(F)F)n1.Cl. The molecule has 1 heterocycles. The third kappa shape index (κ3) is 5.10. The zero-order valence-electron chi connectivity index (χ0n) is 13.4. The fourth-order valence-electron chi connectivity index (χ4n) is 1.94. The first-order valence-corrected chi connectivity index (χ1v) is 7.14. The van der Waals surface area contributed by atoms with Crippen LogP contribution in [0, 0.1) is 0 Å². The van der Waals surface area contributed by atoms with Crippen molar-refractivity contribution in [2.45, 2.75) is 38.6 Å². The van der Waals surface area contributed by atoms with Crippen molar-refractivity contribution in [2.24, 2.45) is 0 Å². The number of rotatable bonds is 6. The van der Waals surface area contributed by atoms with Gasteiger partial charge in [-0.3, -0.25) is 0 Å². The van der Waals surface area contributed by atoms with Crippen LogP contribution in [-0.4, -0.2) is 23.2 Å². The molecule has 134 valence electrons. The van der Waals surface area contributed by atoms with E-state index < -0.39 is 17.8 Å². The van der Waals surface area contributed by atoms with Gasteiger partial charge in [-0.1, -0.05) is 17.3 Å². The lowest BCUT2D eigenvalue weighted by Crippen LogP contribution is -2.24. The number of hydrogen-bond acceptors (Lipinski definition) is 5. The minimum atomic E-state index is -4.49. The first kappa shape index (κ1) is 20.2. The third-order valence-corrected chi connectivity index (χ3v) is 3.31. The van der Waals surface area contributed by atoms with Gasteiger partial charge in [-0.2, -0.15) is 18.2 Å². The van der Waals surface area contributed by atoms with E-state index in [1.807, 2.05) is 14.0 Å². The summed E-state index contributed by atoms with van der Waals surface area (Å²) < 4.78 is 49.3. The van der Waals surface area contributed by atoms with Gasteiger partial charge >= 0.3 is 6.18 Å². The average molecular weight is 366 g/mol. The van der Waals surface area contributed by atoms with Crippen molar-refractivity contribution in [3.8, 4) is 5.75 Å². The summed E-state index contributed by atoms with van der Waals surface area (Å²) >= 11 is 0. The van der Waals surface area contributed by atoms with Crippen LogP contribution in [0.2, 0.25) is 0 Å². The van der Waals surface area contributed by atoms with E-state index in [0.29, 0.717) is 12.2 Å². The molecular formula is C15H19ClF3N3O2. The molecule has 0 aliphatic rings. The third-order valence-electron chi connectivity index (χ3n) is 3.31. The Bertz CT molecular complexity index is 649. The lowest BCUT2D eigenvalue weighted by Gasteiger charge is -2.16. The van der Waals surface area contributed by atoms with Gasteiger partial charge in [0.15, 0.2) is 11.9 Å². The molecule has 5 nitrogen and oxygen atoms in total. The molecule has 0 radical (unpaired) electrons. The monoisotopic (exact) mass is 365 g/mol. The minimum Gasteiger partial charge on any atom is -0.480 e. The molecule has 1 aromatic carbocycles. The maximum atomic E-state index is 12.9. The van der Waals surface area contributed by atoms with Crippen molar-refractivity contribution in [3.63, 3.8) is 0 Å². The van der Waals surface area contributed by atoms with Crippen LogP contribution in [0.25, 0.3) is 0 Å². The summed E-state index contributed by atoms with van der Waals surface area (Å²) in [4.78, 5) is 4.16. The molecule has 9 heteroatoms. The van der Waals surface area contributed by atoms with Crippen LogP contribution in [0.5, 0.6) is 5.75 Å². The van der Waals surface area contributed by atoms with E-state index >= 15 is 0 Å². The molecule has 1 N–H and O–H groups in total. The molecular weight excluding hydrogens is 347 g/mol. The second-order valence-electron chi connectivity index (χ2n) is 5.20. The first-order chi connectivity index (χ1) is 10.8. The molecule has 0 saturated heterocycles. The number of alkyl halides is 3. The highest BCUT2D eigenvalue weighted by molar-refractivity contribution is 5.85. The molecule has 2 atom stereocenters. The Labute approximate surface area is 144 Å². The van der Waals surface area contributed by atoms with Gasteiger partial charge in [0.25, 0.3) is 5.89 Å². The van der Waals surface area contributed by atoms with Gasteiger partial charge in [-0.15, -0.1) is 12.4 Å². The van der Waals surface area contributed by atoms with Crippen LogP contribution in [0.1, 0.15) is 37.2 Å². The van der Waals surface area contributed by atoms with E-state index in [1.54, 1.807) is 6.92 Å². The summed E-state index contributed by atoms with van der Waals surface area (Å²) in [5.41, 5.74) is -0.838. The van der Waals surface area contributed by atoms with E-state index in [2.05, 4.69) is 15.5 Å². The Kier molecular flexibility index (Phi) is 7.04. The van der Waals surface area contributed by atoms with E-state index in [4.69, 9.17) is 9.26 Å². The lowest BCUT2D eigenvalue weighted by atomic mass is 10.2. The van der Waals surface area contributed by atoms with Crippen molar-refractivity contribution in [1.82, 2.24) is 15.5 Å². The number of halogens is 4. The number of nitrogens with one attached hydrogen (secondary N) is 1. The minimum absolute atomic E-state index is 0. The molecule has 0 aliphatic heterocycles. The number of aromatic nitrogens is 2. The molecule has 2 unspecified atom stereocenters. The lowest BCUT2D eigenvalue weighted by molar-refractivity contribution is -0.139. The molecule has 0 aliphatic carbocycles. The van der Waals surface area contributed by atoms with Crippen molar-refractivity contribution in [1.29, 1.82) is 0 Å². The predicted octanol–water partition coefficient (Wildman–Crippen LogP) is 3.80. The molecule has 0 spiro atoms. The average Bonchev–Trinajstić information content (AvgIpc) is 2.95. The maximum Gasteiger partial charge on any atom is 0.419 e. The van der Waals surface area contributed by atoms with E-state index in [1.165, 1.54) is 18.2 Å². The van der Waals surface area contributed by atoms with Crippen molar-refractivity contribution >= 4 is 12.4 Å². The number of hydrogen-bond donors (Lipinski definition) is 1. The van der Waals surface area contributed by atoms with Gasteiger partial charge in [0, 0.05) is 12.5 Å². The molecule has 0 saturated carbocycles. The highest BCUT2D eigenvalue weighted by atomic mass is 35.5. The van der Waals surface area contributed by atoms with Crippen molar-refractivity contribution in [3.05, 3.63) is 41.5 Å². The van der Waals surface area contributed by atoms with E-state index in [-0.39, 0.29) is 30.1 Å². The number of likely N-dealkylation sites (N-methyl/N-ethyl adjacent to an activating group) is 1. The highest BCUT2D eigenvalue weighted by Gasteiger charge is 2.34. The molecule has 0 fully saturated rings. The Hall–Kier alpha value is -1.80. The smallest absolute Gasteiger partial charge is 0.419 e. The van der Waals surface area contributed by atoms with E-state index in [0.717, 1.165) is 6.07 Å². The summed E-state index contributed by atoms with van der Waals surface area (Å²) in [6, 6.07) is 5.17. The van der Waals surface area contributed by atoms with Crippen LogP contribution < -0.4 is 10.1 Å². The van der Waals surface area contributed by atoms with Crippen molar-refractivity contribution < 1.29 is 22.4 Å². The fraction of sp³-hybridized carbons (Fsp3) is 0.467. The summed E-state index contributed by atoms with van der Waals surface area (Å²) in [7, 11) is 1.81. The predicted molar refractivity (Wildman–Crippen MR) is 84.3 cm³/mol. The Morgan fingerprint density at radius 1 is 1.25 bits per heavy atom. The van der Waals surface area contributed by atoms with Gasteiger partial charge in [0.05, 0.1) is 5.56 Å². The number of ether oxygens (including phenoxy) is 1. The van der Waals surface area contributed by atoms with E-state index in [9.17, 15) is 13.2 Å². The van der Waals surface area contributed by atoms with Gasteiger partial charge in [-0.05, 0) is 33.0 Å². The molecule has 0 bridgehead atoms. The summed E-state index contributed by atoms with van der Waals surface area (Å²) in [5.74, 6) is 0.345.